The van der Waals surface area contributed by atoms with Gasteiger partial charge < -0.3 is 10.1 Å². The Bertz CT molecular complexity index is 1260. The topological polar surface area (TPSA) is 102 Å². The maximum absolute atomic E-state index is 12.6. The molecule has 0 heterocycles. The number of carbonyl (C=O) groups is 2. The van der Waals surface area contributed by atoms with Crippen LogP contribution in [-0.2, 0) is 14.8 Å². The number of sulfonamides is 1. The molecule has 9 heteroatoms. The van der Waals surface area contributed by atoms with Gasteiger partial charge in [-0.05, 0) is 62.4 Å². The second-order valence-electron chi connectivity index (χ2n) is 6.87. The first-order chi connectivity index (χ1) is 15.2. The van der Waals surface area contributed by atoms with Crippen molar-refractivity contribution < 1.29 is 22.7 Å². The van der Waals surface area contributed by atoms with Gasteiger partial charge in [0, 0.05) is 5.69 Å². The number of ether oxygens (including phenoxy) is 1. The predicted molar refractivity (Wildman–Crippen MR) is 124 cm³/mol. The van der Waals surface area contributed by atoms with Crippen molar-refractivity contribution in [3.63, 3.8) is 0 Å². The van der Waals surface area contributed by atoms with E-state index in [9.17, 15) is 18.0 Å². The van der Waals surface area contributed by atoms with Crippen molar-refractivity contribution in [1.82, 2.24) is 0 Å². The van der Waals surface area contributed by atoms with Crippen molar-refractivity contribution in [1.29, 1.82) is 0 Å². The lowest BCUT2D eigenvalue weighted by Crippen LogP contribution is -2.15. The number of anilines is 2. The van der Waals surface area contributed by atoms with Crippen molar-refractivity contribution in [2.75, 3.05) is 16.6 Å². The first-order valence-electron chi connectivity index (χ1n) is 9.67. The average molecular weight is 473 g/mol. The van der Waals surface area contributed by atoms with Gasteiger partial charge in [0.2, 0.25) is 0 Å². The molecule has 166 valence electrons. The first-order valence-corrected chi connectivity index (χ1v) is 11.5. The van der Waals surface area contributed by atoms with Crippen LogP contribution in [0.15, 0.2) is 71.6 Å². The van der Waals surface area contributed by atoms with E-state index >= 15 is 0 Å². The summed E-state index contributed by atoms with van der Waals surface area (Å²) in [5, 5.41) is 2.73. The minimum Gasteiger partial charge on any atom is -0.462 e. The molecule has 7 nitrogen and oxygen atoms in total. The molecule has 0 saturated carbocycles. The standard InChI is InChI=1S/C23H21ClN2O5S/c1-3-31-23(28)16-5-4-6-17(13-16)25-22(27)20-12-9-18(14-21(20)24)26-32(29,30)19-10-7-15(2)8-11-19/h4-14,26H,3H2,1-2H3,(H,25,27). The molecule has 32 heavy (non-hydrogen) atoms. The molecule has 0 radical (unpaired) electrons. The van der Waals surface area contributed by atoms with E-state index in [2.05, 4.69) is 10.0 Å². The number of hydrogen-bond donors (Lipinski definition) is 2. The van der Waals surface area contributed by atoms with E-state index in [1.54, 1.807) is 37.3 Å². The zero-order valence-electron chi connectivity index (χ0n) is 17.4. The fourth-order valence-electron chi connectivity index (χ4n) is 2.83. The highest BCUT2D eigenvalue weighted by atomic mass is 35.5. The van der Waals surface area contributed by atoms with Gasteiger partial charge in [0.25, 0.3) is 15.9 Å². The number of esters is 1. The number of aryl methyl sites for hydroxylation is 1. The van der Waals surface area contributed by atoms with Gasteiger partial charge >= 0.3 is 5.97 Å². The molecule has 0 atom stereocenters. The quantitative estimate of drug-likeness (QED) is 0.477. The molecule has 0 aliphatic rings. The second kappa shape index (κ2) is 9.84. The van der Waals surface area contributed by atoms with Crippen LogP contribution in [0.4, 0.5) is 11.4 Å². The zero-order chi connectivity index (χ0) is 23.3. The highest BCUT2D eigenvalue weighted by molar-refractivity contribution is 7.92. The Hall–Kier alpha value is -3.36. The van der Waals surface area contributed by atoms with Crippen LogP contribution in [0, 0.1) is 6.92 Å². The summed E-state index contributed by atoms with van der Waals surface area (Å²) in [6, 6.07) is 16.9. The lowest BCUT2D eigenvalue weighted by molar-refractivity contribution is 0.0526. The summed E-state index contributed by atoms with van der Waals surface area (Å²) in [6.45, 7) is 3.81. The third kappa shape index (κ3) is 5.66. The lowest BCUT2D eigenvalue weighted by atomic mass is 10.1. The van der Waals surface area contributed by atoms with E-state index in [1.165, 1.54) is 36.4 Å². The molecule has 0 bridgehead atoms. The van der Waals surface area contributed by atoms with Crippen molar-refractivity contribution in [2.45, 2.75) is 18.7 Å². The van der Waals surface area contributed by atoms with E-state index in [-0.39, 0.29) is 27.8 Å². The minimum atomic E-state index is -3.80. The van der Waals surface area contributed by atoms with Gasteiger partial charge in [-0.25, -0.2) is 13.2 Å². The number of carbonyl (C=O) groups excluding carboxylic acids is 2. The molecule has 0 saturated heterocycles. The van der Waals surface area contributed by atoms with Gasteiger partial charge in [-0.2, -0.15) is 0 Å². The van der Waals surface area contributed by atoms with Crippen LogP contribution < -0.4 is 10.0 Å². The van der Waals surface area contributed by atoms with Crippen LogP contribution in [0.2, 0.25) is 5.02 Å². The SMILES string of the molecule is CCOC(=O)c1cccc(NC(=O)c2ccc(NS(=O)(=O)c3ccc(C)cc3)cc2Cl)c1. The molecular formula is C23H21ClN2O5S. The number of hydrogen-bond acceptors (Lipinski definition) is 5. The fraction of sp³-hybridized carbons (Fsp3) is 0.130. The van der Waals surface area contributed by atoms with Crippen molar-refractivity contribution in [3.8, 4) is 0 Å². The molecule has 0 aliphatic carbocycles. The number of halogens is 1. The van der Waals surface area contributed by atoms with E-state index in [0.717, 1.165) is 5.56 Å². The highest BCUT2D eigenvalue weighted by Crippen LogP contribution is 2.25. The first kappa shape index (κ1) is 23.3. The van der Waals surface area contributed by atoms with Gasteiger partial charge in [-0.1, -0.05) is 35.4 Å². The Kier molecular flexibility index (Phi) is 7.17. The Labute approximate surface area is 191 Å². The molecule has 0 aromatic heterocycles. The number of amides is 1. The summed E-state index contributed by atoms with van der Waals surface area (Å²) in [6.07, 6.45) is 0. The summed E-state index contributed by atoms with van der Waals surface area (Å²) in [5.41, 5.74) is 2.00. The van der Waals surface area contributed by atoms with Crippen molar-refractivity contribution in [2.24, 2.45) is 0 Å². The Balaban J connectivity index is 1.75. The number of benzene rings is 3. The zero-order valence-corrected chi connectivity index (χ0v) is 19.0. The van der Waals surface area contributed by atoms with Gasteiger partial charge in [-0.3, -0.25) is 9.52 Å². The highest BCUT2D eigenvalue weighted by Gasteiger charge is 2.17. The summed E-state index contributed by atoms with van der Waals surface area (Å²) >= 11 is 6.24. The monoisotopic (exact) mass is 472 g/mol. The van der Waals surface area contributed by atoms with Crippen LogP contribution in [0.1, 0.15) is 33.2 Å². The van der Waals surface area contributed by atoms with E-state index < -0.39 is 21.9 Å². The summed E-state index contributed by atoms with van der Waals surface area (Å²) < 4.78 is 32.5. The summed E-state index contributed by atoms with van der Waals surface area (Å²) in [4.78, 5) is 24.6. The molecule has 2 N–H and O–H groups in total. The normalized spacial score (nSPS) is 11.0. The molecule has 0 spiro atoms. The van der Waals surface area contributed by atoms with Gasteiger partial charge in [0.05, 0.1) is 33.3 Å². The lowest BCUT2D eigenvalue weighted by Gasteiger charge is -2.11. The molecule has 3 rings (SSSR count). The molecule has 0 unspecified atom stereocenters. The largest absolute Gasteiger partial charge is 0.462 e. The molecule has 1 amide bonds. The third-order valence-corrected chi connectivity index (χ3v) is 6.14. The second-order valence-corrected chi connectivity index (χ2v) is 8.96. The Morgan fingerprint density at radius 2 is 1.69 bits per heavy atom. The minimum absolute atomic E-state index is 0.0631. The third-order valence-electron chi connectivity index (χ3n) is 4.43. The van der Waals surface area contributed by atoms with Crippen LogP contribution in [0.3, 0.4) is 0 Å². The maximum atomic E-state index is 12.6. The molecule has 0 fully saturated rings. The predicted octanol–water partition coefficient (Wildman–Crippen LogP) is 4.88. The van der Waals surface area contributed by atoms with Crippen molar-refractivity contribution >= 4 is 44.9 Å². The van der Waals surface area contributed by atoms with E-state index in [1.807, 2.05) is 6.92 Å². The smallest absolute Gasteiger partial charge is 0.338 e. The van der Waals surface area contributed by atoms with Crippen LogP contribution in [-0.4, -0.2) is 26.9 Å². The van der Waals surface area contributed by atoms with E-state index in [4.69, 9.17) is 16.3 Å². The number of nitrogens with one attached hydrogen (secondary N) is 2. The van der Waals surface area contributed by atoms with Crippen molar-refractivity contribution in [3.05, 3.63) is 88.4 Å². The van der Waals surface area contributed by atoms with Gasteiger partial charge in [0.1, 0.15) is 0 Å². The molecule has 3 aromatic rings. The van der Waals surface area contributed by atoms with Gasteiger partial charge in [0.15, 0.2) is 0 Å². The summed E-state index contributed by atoms with van der Waals surface area (Å²) in [7, 11) is -3.80. The van der Waals surface area contributed by atoms with Gasteiger partial charge in [-0.15, -0.1) is 0 Å². The van der Waals surface area contributed by atoms with Crippen LogP contribution in [0.5, 0.6) is 0 Å². The van der Waals surface area contributed by atoms with E-state index in [0.29, 0.717) is 11.3 Å². The summed E-state index contributed by atoms with van der Waals surface area (Å²) in [5.74, 6) is -1.00. The number of rotatable bonds is 7. The maximum Gasteiger partial charge on any atom is 0.338 e. The Morgan fingerprint density at radius 1 is 0.969 bits per heavy atom. The fourth-order valence-corrected chi connectivity index (χ4v) is 4.15. The molecule has 3 aromatic carbocycles. The van der Waals surface area contributed by atoms with Crippen LogP contribution in [0.25, 0.3) is 0 Å². The van der Waals surface area contributed by atoms with Crippen LogP contribution >= 0.6 is 11.6 Å². The Morgan fingerprint density at radius 3 is 2.34 bits per heavy atom. The molecular weight excluding hydrogens is 452 g/mol. The average Bonchev–Trinajstić information content (AvgIpc) is 2.74. The molecule has 0 aliphatic heterocycles.